The first-order valence-corrected chi connectivity index (χ1v) is 11.7. The van der Waals surface area contributed by atoms with E-state index in [9.17, 15) is 14.7 Å². The summed E-state index contributed by atoms with van der Waals surface area (Å²) in [6, 6.07) is 11.5. The fourth-order valence-corrected chi connectivity index (χ4v) is 4.83. The van der Waals surface area contributed by atoms with Crippen molar-refractivity contribution in [2.45, 2.75) is 39.2 Å². The van der Waals surface area contributed by atoms with Gasteiger partial charge in [-0.2, -0.15) is 0 Å². The van der Waals surface area contributed by atoms with E-state index in [1.165, 1.54) is 6.26 Å². The van der Waals surface area contributed by atoms with Crippen LogP contribution in [0.3, 0.4) is 0 Å². The minimum absolute atomic E-state index is 0.0660. The number of nitrogens with one attached hydrogen (secondary N) is 1. The second-order valence-electron chi connectivity index (χ2n) is 8.72. The summed E-state index contributed by atoms with van der Waals surface area (Å²) in [5.74, 6) is -1.44. The number of rotatable bonds is 8. The van der Waals surface area contributed by atoms with Gasteiger partial charge in [0.15, 0.2) is 5.69 Å². The molecule has 0 bridgehead atoms. The molecular formula is C26H31N5O4. The van der Waals surface area contributed by atoms with Crippen molar-refractivity contribution in [2.24, 2.45) is 0 Å². The lowest BCUT2D eigenvalue weighted by Crippen LogP contribution is -2.36. The lowest BCUT2D eigenvalue weighted by atomic mass is 9.83. The molecule has 9 heteroatoms. The van der Waals surface area contributed by atoms with Gasteiger partial charge in [-0.25, -0.2) is 5.43 Å². The number of hydrogen-bond donors (Lipinski definition) is 3. The molecule has 9 nitrogen and oxygen atoms in total. The van der Waals surface area contributed by atoms with Crippen molar-refractivity contribution in [3.63, 3.8) is 0 Å². The van der Waals surface area contributed by atoms with Gasteiger partial charge in [0.2, 0.25) is 0 Å². The van der Waals surface area contributed by atoms with Crippen molar-refractivity contribution in [3.8, 4) is 0 Å². The van der Waals surface area contributed by atoms with Gasteiger partial charge in [-0.05, 0) is 54.2 Å². The quantitative estimate of drug-likeness (QED) is 0.333. The molecule has 1 aliphatic heterocycles. The Morgan fingerprint density at radius 2 is 2.06 bits per heavy atom. The minimum Gasteiger partial charge on any atom is -0.481 e. The molecule has 0 spiro atoms. The fourth-order valence-electron chi connectivity index (χ4n) is 4.83. The number of carboxylic acid groups (broad SMARTS) is 1. The van der Waals surface area contributed by atoms with Gasteiger partial charge in [-0.3, -0.25) is 9.59 Å². The first-order valence-electron chi connectivity index (χ1n) is 11.7. The molecule has 4 N–H and O–H groups in total. The highest BCUT2D eigenvalue weighted by Crippen LogP contribution is 2.37. The Kier molecular flexibility index (Phi) is 7.07. The Hall–Kier alpha value is -3.85. The smallest absolute Gasteiger partial charge is 0.304 e. The minimum atomic E-state index is -0.886. The van der Waals surface area contributed by atoms with Crippen LogP contribution in [-0.2, 0) is 17.8 Å². The Balaban J connectivity index is 1.69. The molecule has 184 valence electrons. The van der Waals surface area contributed by atoms with Crippen molar-refractivity contribution in [1.29, 1.82) is 0 Å². The largest absolute Gasteiger partial charge is 0.481 e. The molecule has 1 unspecified atom stereocenters. The van der Waals surface area contributed by atoms with Gasteiger partial charge >= 0.3 is 5.97 Å². The summed E-state index contributed by atoms with van der Waals surface area (Å²) >= 11 is 0. The SMILES string of the molecule is CCN(NC)c1ccc(C(CC(=O)O)c2ccc3c(c2)CN(C(=O)c2ccon2)CC3)c(C)c1N. The normalized spacial score (nSPS) is 13.9. The van der Waals surface area contributed by atoms with Gasteiger partial charge in [-0.1, -0.05) is 29.4 Å². The highest BCUT2D eigenvalue weighted by molar-refractivity contribution is 5.92. The Morgan fingerprint density at radius 3 is 2.71 bits per heavy atom. The van der Waals surface area contributed by atoms with Crippen molar-refractivity contribution >= 4 is 23.3 Å². The first-order chi connectivity index (χ1) is 16.8. The molecule has 1 aliphatic rings. The third kappa shape index (κ3) is 4.85. The number of nitrogen functional groups attached to an aromatic ring is 1. The maximum absolute atomic E-state index is 12.8. The van der Waals surface area contributed by atoms with E-state index in [1.54, 1.807) is 11.0 Å². The molecule has 4 rings (SSSR count). The average molecular weight is 478 g/mol. The van der Waals surface area contributed by atoms with Crippen molar-refractivity contribution in [2.75, 3.05) is 30.9 Å². The molecule has 2 aromatic carbocycles. The maximum atomic E-state index is 12.8. The van der Waals surface area contributed by atoms with Gasteiger partial charge in [0.25, 0.3) is 5.91 Å². The fraction of sp³-hybridized carbons (Fsp3) is 0.346. The van der Waals surface area contributed by atoms with E-state index in [1.807, 2.05) is 56.2 Å². The van der Waals surface area contributed by atoms with E-state index >= 15 is 0 Å². The van der Waals surface area contributed by atoms with Crippen molar-refractivity contribution in [1.82, 2.24) is 15.5 Å². The van der Waals surface area contributed by atoms with Gasteiger partial charge in [0, 0.05) is 38.7 Å². The highest BCUT2D eigenvalue weighted by atomic mass is 16.5. The molecular weight excluding hydrogens is 446 g/mol. The summed E-state index contributed by atoms with van der Waals surface area (Å²) in [5.41, 5.74) is 16.2. The summed E-state index contributed by atoms with van der Waals surface area (Å²) in [6.07, 6.45) is 2.04. The lowest BCUT2D eigenvalue weighted by molar-refractivity contribution is -0.137. The number of anilines is 2. The van der Waals surface area contributed by atoms with Gasteiger partial charge in [0.1, 0.15) is 6.26 Å². The monoisotopic (exact) mass is 477 g/mol. The number of nitrogens with zero attached hydrogens (tertiary/aromatic N) is 3. The second-order valence-corrected chi connectivity index (χ2v) is 8.72. The number of hydrazine groups is 1. The van der Waals surface area contributed by atoms with Gasteiger partial charge < -0.3 is 25.3 Å². The standard InChI is InChI=1S/C26H31N5O4/c1-4-31(28-3)23-8-7-20(16(2)25(23)27)21(14-24(32)33)18-6-5-17-9-11-30(15-19(17)13-18)26(34)22-10-12-35-29-22/h5-8,10,12-13,21,28H,4,9,11,14-15,27H2,1-3H3,(H,32,33). The zero-order valence-electron chi connectivity index (χ0n) is 20.2. The number of hydrogen-bond acceptors (Lipinski definition) is 7. The second kappa shape index (κ2) is 10.2. The zero-order valence-corrected chi connectivity index (χ0v) is 20.2. The van der Waals surface area contributed by atoms with Crippen LogP contribution in [-0.4, -0.2) is 47.2 Å². The molecule has 3 aromatic rings. The van der Waals surface area contributed by atoms with E-state index in [0.29, 0.717) is 18.8 Å². The van der Waals surface area contributed by atoms with Crippen molar-refractivity contribution in [3.05, 3.63) is 76.2 Å². The molecule has 2 heterocycles. The predicted molar refractivity (Wildman–Crippen MR) is 133 cm³/mol. The lowest BCUT2D eigenvalue weighted by Gasteiger charge is -2.30. The first kappa shape index (κ1) is 24.3. The van der Waals surface area contributed by atoms with Crippen molar-refractivity contribution < 1.29 is 19.2 Å². The van der Waals surface area contributed by atoms with Crippen LogP contribution in [0.5, 0.6) is 0 Å². The number of fused-ring (bicyclic) bond motifs is 1. The predicted octanol–water partition coefficient (Wildman–Crippen LogP) is 3.33. The summed E-state index contributed by atoms with van der Waals surface area (Å²) in [6.45, 7) is 5.71. The molecule has 0 radical (unpaired) electrons. The average Bonchev–Trinajstić information content (AvgIpc) is 3.40. The maximum Gasteiger partial charge on any atom is 0.304 e. The third-order valence-electron chi connectivity index (χ3n) is 6.75. The van der Waals surface area contributed by atoms with Crippen LogP contribution >= 0.6 is 0 Å². The summed E-state index contributed by atoms with van der Waals surface area (Å²) in [5, 5.41) is 15.4. The highest BCUT2D eigenvalue weighted by Gasteiger charge is 2.27. The molecule has 0 saturated heterocycles. The summed E-state index contributed by atoms with van der Waals surface area (Å²) < 4.78 is 4.82. The van der Waals surface area contributed by atoms with E-state index in [2.05, 4.69) is 10.6 Å². The van der Waals surface area contributed by atoms with Crippen LogP contribution in [0.15, 0.2) is 47.2 Å². The van der Waals surface area contributed by atoms with E-state index < -0.39 is 5.97 Å². The Bertz CT molecular complexity index is 1220. The number of amides is 1. The zero-order chi connectivity index (χ0) is 25.1. The van der Waals surface area contributed by atoms with Gasteiger partial charge in [0.05, 0.1) is 17.8 Å². The number of carbonyl (C=O) groups is 2. The molecule has 1 amide bonds. The molecule has 0 aliphatic carbocycles. The number of carboxylic acids is 1. The van der Waals surface area contributed by atoms with Gasteiger partial charge in [-0.15, -0.1) is 0 Å². The number of carbonyl (C=O) groups excluding carboxylic acids is 1. The Morgan fingerprint density at radius 1 is 1.26 bits per heavy atom. The van der Waals surface area contributed by atoms with Crippen LogP contribution in [0.2, 0.25) is 0 Å². The molecule has 0 saturated carbocycles. The number of aliphatic carboxylic acids is 1. The van der Waals surface area contributed by atoms with Crippen LogP contribution in [0.1, 0.15) is 57.6 Å². The molecule has 35 heavy (non-hydrogen) atoms. The van der Waals surface area contributed by atoms with Crippen LogP contribution in [0.25, 0.3) is 0 Å². The molecule has 1 aromatic heterocycles. The summed E-state index contributed by atoms with van der Waals surface area (Å²) in [4.78, 5) is 26.4. The molecule has 1 atom stereocenters. The number of aromatic nitrogens is 1. The third-order valence-corrected chi connectivity index (χ3v) is 6.75. The van der Waals surface area contributed by atoms with E-state index in [-0.39, 0.29) is 23.9 Å². The molecule has 0 fully saturated rings. The van der Waals surface area contributed by atoms with Crippen LogP contribution in [0, 0.1) is 6.92 Å². The number of benzene rings is 2. The van der Waals surface area contributed by atoms with E-state index in [4.69, 9.17) is 10.3 Å². The van der Waals surface area contributed by atoms with E-state index in [0.717, 1.165) is 46.5 Å². The topological polar surface area (TPSA) is 125 Å². The Labute approximate surface area is 204 Å². The summed E-state index contributed by atoms with van der Waals surface area (Å²) in [7, 11) is 1.84. The number of nitrogens with two attached hydrogens (primary N) is 1. The van der Waals surface area contributed by atoms with Crippen LogP contribution < -0.4 is 16.2 Å². The van der Waals surface area contributed by atoms with Crippen LogP contribution in [0.4, 0.5) is 11.4 Å².